The monoisotopic (exact) mass is 353 g/mol. The third-order valence-corrected chi connectivity index (χ3v) is 3.33. The highest BCUT2D eigenvalue weighted by atomic mass is 79.9. The number of nitrogens with one attached hydrogen (secondary N) is 2. The zero-order valence-corrected chi connectivity index (χ0v) is 13.7. The number of benzene rings is 1. The summed E-state index contributed by atoms with van der Waals surface area (Å²) < 4.78 is 6.33. The molecule has 0 atom stereocenters. The molecular formula is C14H16BrN3OS. The van der Waals surface area contributed by atoms with E-state index >= 15 is 0 Å². The van der Waals surface area contributed by atoms with Crippen LogP contribution < -0.4 is 10.6 Å². The van der Waals surface area contributed by atoms with Crippen LogP contribution in [0.2, 0.25) is 0 Å². The second kappa shape index (κ2) is 6.85. The average molecular weight is 354 g/mol. The van der Waals surface area contributed by atoms with Crippen LogP contribution in [0, 0.1) is 0 Å². The molecule has 0 saturated heterocycles. The van der Waals surface area contributed by atoms with Gasteiger partial charge < -0.3 is 15.2 Å². The van der Waals surface area contributed by atoms with Crippen molar-refractivity contribution in [3.05, 3.63) is 40.6 Å². The molecule has 4 nitrogen and oxygen atoms in total. The van der Waals surface area contributed by atoms with Gasteiger partial charge in [0.2, 0.25) is 0 Å². The number of rotatable bonds is 4. The van der Waals surface area contributed by atoms with Crippen LogP contribution in [0.15, 0.2) is 39.3 Å². The lowest BCUT2D eigenvalue weighted by molar-refractivity contribution is 0.382. The van der Waals surface area contributed by atoms with Crippen LogP contribution in [0.25, 0.3) is 11.3 Å². The van der Waals surface area contributed by atoms with Crippen LogP contribution in [0.1, 0.15) is 19.6 Å². The van der Waals surface area contributed by atoms with Crippen LogP contribution in [-0.2, 0) is 6.54 Å². The predicted octanol–water partition coefficient (Wildman–Crippen LogP) is 3.48. The van der Waals surface area contributed by atoms with E-state index < -0.39 is 0 Å². The van der Waals surface area contributed by atoms with E-state index in [-0.39, 0.29) is 0 Å². The average Bonchev–Trinajstić information content (AvgIpc) is 2.85. The van der Waals surface area contributed by atoms with Crippen molar-refractivity contribution >= 4 is 33.3 Å². The summed E-state index contributed by atoms with van der Waals surface area (Å²) in [5.41, 5.74) is 1.84. The lowest BCUT2D eigenvalue weighted by atomic mass is 10.1. The van der Waals surface area contributed by atoms with Gasteiger partial charge in [-0.05, 0) is 38.2 Å². The summed E-state index contributed by atoms with van der Waals surface area (Å²) in [4.78, 5) is 0. The minimum atomic E-state index is 0.308. The quantitative estimate of drug-likeness (QED) is 0.824. The summed E-state index contributed by atoms with van der Waals surface area (Å²) in [7, 11) is 0. The van der Waals surface area contributed by atoms with Crippen molar-refractivity contribution in [3.8, 4) is 11.3 Å². The first-order valence-electron chi connectivity index (χ1n) is 6.30. The van der Waals surface area contributed by atoms with Crippen molar-refractivity contribution in [3.63, 3.8) is 0 Å². The fourth-order valence-electron chi connectivity index (χ4n) is 1.63. The molecule has 0 unspecified atom stereocenters. The molecule has 2 rings (SSSR count). The Kier molecular flexibility index (Phi) is 5.14. The van der Waals surface area contributed by atoms with Gasteiger partial charge in [0.15, 0.2) is 10.9 Å². The maximum Gasteiger partial charge on any atom is 0.166 e. The van der Waals surface area contributed by atoms with Crippen LogP contribution >= 0.6 is 28.1 Å². The van der Waals surface area contributed by atoms with E-state index in [1.807, 2.05) is 44.2 Å². The van der Waals surface area contributed by atoms with Crippen molar-refractivity contribution in [1.29, 1.82) is 0 Å². The summed E-state index contributed by atoms with van der Waals surface area (Å²) in [6.07, 6.45) is 0. The summed E-state index contributed by atoms with van der Waals surface area (Å²) >= 11 is 8.56. The molecule has 1 heterocycles. The van der Waals surface area contributed by atoms with Crippen molar-refractivity contribution in [1.82, 2.24) is 15.8 Å². The number of aromatic nitrogens is 1. The van der Waals surface area contributed by atoms with Crippen LogP contribution in [-0.4, -0.2) is 16.3 Å². The molecule has 2 N–H and O–H groups in total. The highest BCUT2D eigenvalue weighted by molar-refractivity contribution is 9.10. The number of nitrogens with zero attached hydrogens (tertiary/aromatic N) is 1. The smallest absolute Gasteiger partial charge is 0.166 e. The largest absolute Gasteiger partial charge is 0.361 e. The Morgan fingerprint density at radius 1 is 1.35 bits per heavy atom. The molecule has 0 aliphatic rings. The molecule has 1 aromatic carbocycles. The van der Waals surface area contributed by atoms with Crippen LogP contribution in [0.3, 0.4) is 0 Å². The second-order valence-electron chi connectivity index (χ2n) is 4.67. The third-order valence-electron chi connectivity index (χ3n) is 2.54. The first-order chi connectivity index (χ1) is 9.54. The second-order valence-corrected chi connectivity index (χ2v) is 5.99. The summed E-state index contributed by atoms with van der Waals surface area (Å²) in [6.45, 7) is 4.59. The first kappa shape index (κ1) is 15.0. The van der Waals surface area contributed by atoms with Crippen molar-refractivity contribution in [2.45, 2.75) is 26.4 Å². The third kappa shape index (κ3) is 4.31. The lowest BCUT2D eigenvalue weighted by Crippen LogP contribution is -2.38. The van der Waals surface area contributed by atoms with Crippen molar-refractivity contribution in [2.75, 3.05) is 0 Å². The van der Waals surface area contributed by atoms with E-state index in [4.69, 9.17) is 16.7 Å². The normalized spacial score (nSPS) is 10.6. The molecule has 20 heavy (non-hydrogen) atoms. The highest BCUT2D eigenvalue weighted by Gasteiger charge is 2.07. The Hall–Kier alpha value is -1.40. The van der Waals surface area contributed by atoms with Gasteiger partial charge in [0.05, 0.1) is 6.54 Å². The van der Waals surface area contributed by atoms with Gasteiger partial charge >= 0.3 is 0 Å². The zero-order chi connectivity index (χ0) is 14.5. The highest BCUT2D eigenvalue weighted by Crippen LogP contribution is 2.21. The van der Waals surface area contributed by atoms with E-state index in [0.717, 1.165) is 21.5 Å². The van der Waals surface area contributed by atoms with Gasteiger partial charge in [-0.25, -0.2) is 0 Å². The summed E-state index contributed by atoms with van der Waals surface area (Å²) in [6, 6.07) is 10.2. The van der Waals surface area contributed by atoms with E-state index in [9.17, 15) is 0 Å². The molecule has 0 amide bonds. The van der Waals surface area contributed by atoms with Gasteiger partial charge in [-0.15, -0.1) is 0 Å². The minimum Gasteiger partial charge on any atom is -0.361 e. The van der Waals surface area contributed by atoms with Gasteiger partial charge in [-0.1, -0.05) is 33.2 Å². The Morgan fingerprint density at radius 2 is 2.05 bits per heavy atom. The Morgan fingerprint density at radius 3 is 2.70 bits per heavy atom. The fourth-order valence-corrected chi connectivity index (χ4v) is 2.21. The van der Waals surface area contributed by atoms with Crippen LogP contribution in [0.4, 0.5) is 0 Å². The topological polar surface area (TPSA) is 50.1 Å². The summed E-state index contributed by atoms with van der Waals surface area (Å²) in [5, 5.41) is 10.9. The zero-order valence-electron chi connectivity index (χ0n) is 11.3. The Balaban J connectivity index is 1.95. The predicted molar refractivity (Wildman–Crippen MR) is 87.3 cm³/mol. The lowest BCUT2D eigenvalue weighted by Gasteiger charge is -2.11. The van der Waals surface area contributed by atoms with Crippen molar-refractivity contribution in [2.24, 2.45) is 0 Å². The van der Waals surface area contributed by atoms with E-state index in [1.165, 1.54) is 0 Å². The van der Waals surface area contributed by atoms with E-state index in [0.29, 0.717) is 17.7 Å². The first-order valence-corrected chi connectivity index (χ1v) is 7.50. The van der Waals surface area contributed by atoms with Crippen molar-refractivity contribution < 1.29 is 4.52 Å². The molecule has 1 aromatic heterocycles. The van der Waals surface area contributed by atoms with Gasteiger partial charge in [0, 0.05) is 22.1 Å². The number of hydrogen-bond acceptors (Lipinski definition) is 3. The molecule has 106 valence electrons. The molecule has 6 heteroatoms. The molecule has 0 spiro atoms. The molecule has 0 radical (unpaired) electrons. The minimum absolute atomic E-state index is 0.308. The van der Waals surface area contributed by atoms with Gasteiger partial charge in [-0.3, -0.25) is 0 Å². The number of halogens is 1. The van der Waals surface area contributed by atoms with E-state index in [2.05, 4.69) is 31.7 Å². The van der Waals surface area contributed by atoms with Gasteiger partial charge in [-0.2, -0.15) is 0 Å². The molecule has 0 bridgehead atoms. The molecule has 2 aromatic rings. The summed E-state index contributed by atoms with van der Waals surface area (Å²) in [5.74, 6) is 0.746. The molecule has 0 fully saturated rings. The Bertz CT molecular complexity index is 580. The maximum absolute atomic E-state index is 5.29. The fraction of sp³-hybridized carbons (Fsp3) is 0.286. The molecular weight excluding hydrogens is 338 g/mol. The van der Waals surface area contributed by atoms with Gasteiger partial charge in [0.25, 0.3) is 0 Å². The molecule has 0 aliphatic carbocycles. The molecule has 0 saturated carbocycles. The van der Waals surface area contributed by atoms with Gasteiger partial charge in [0.1, 0.15) is 5.69 Å². The Labute approximate surface area is 132 Å². The van der Waals surface area contributed by atoms with Crippen LogP contribution in [0.5, 0.6) is 0 Å². The number of thiocarbonyl (C=S) groups is 1. The molecule has 0 aliphatic heterocycles. The van der Waals surface area contributed by atoms with E-state index in [1.54, 1.807) is 0 Å². The standard InChI is InChI=1S/C14H16BrN3OS/c1-9(2)17-14(20)16-8-12-7-13(18-19-12)10-3-5-11(15)6-4-10/h3-7,9H,8H2,1-2H3,(H2,16,17,20). The number of hydrogen-bond donors (Lipinski definition) is 2. The SMILES string of the molecule is CC(C)NC(=S)NCc1cc(-c2ccc(Br)cc2)no1. The maximum atomic E-state index is 5.29.